The highest BCUT2D eigenvalue weighted by atomic mass is 19.4. The summed E-state index contributed by atoms with van der Waals surface area (Å²) in [5.41, 5.74) is 12.2. The molecule has 1 aromatic carbocycles. The summed E-state index contributed by atoms with van der Waals surface area (Å²) in [5.74, 6) is 0.399. The monoisotopic (exact) mass is 483 g/mol. The van der Waals surface area contributed by atoms with E-state index in [-0.39, 0.29) is 28.9 Å². The third-order valence-electron chi connectivity index (χ3n) is 5.94. The zero-order chi connectivity index (χ0) is 24.8. The number of halogens is 3. The van der Waals surface area contributed by atoms with Crippen molar-refractivity contribution < 1.29 is 13.2 Å². The summed E-state index contributed by atoms with van der Waals surface area (Å²) in [6.07, 6.45) is 2.04. The van der Waals surface area contributed by atoms with Gasteiger partial charge in [-0.1, -0.05) is 24.6 Å². The van der Waals surface area contributed by atoms with Gasteiger partial charge in [0.05, 0.1) is 11.1 Å². The normalized spacial score (nSPS) is 15.3. The fourth-order valence-electron chi connectivity index (χ4n) is 4.20. The van der Waals surface area contributed by atoms with E-state index in [2.05, 4.69) is 24.8 Å². The molecule has 0 bridgehead atoms. The van der Waals surface area contributed by atoms with E-state index in [9.17, 15) is 13.2 Å². The molecule has 3 heterocycles. The van der Waals surface area contributed by atoms with Gasteiger partial charge in [0, 0.05) is 23.5 Å². The number of aliphatic imine (C=N–C) groups is 1. The number of hydrogen-bond acceptors (Lipinski definition) is 6. The van der Waals surface area contributed by atoms with E-state index in [0.29, 0.717) is 17.7 Å². The average Bonchev–Trinajstić information content (AvgIpc) is 2.84. The number of aromatic nitrogens is 3. The summed E-state index contributed by atoms with van der Waals surface area (Å²) in [6.45, 7) is 3.06. The lowest BCUT2D eigenvalue weighted by atomic mass is 10.1. The first-order chi connectivity index (χ1) is 16.8. The van der Waals surface area contributed by atoms with E-state index in [4.69, 9.17) is 11.5 Å². The zero-order valence-corrected chi connectivity index (χ0v) is 19.3. The summed E-state index contributed by atoms with van der Waals surface area (Å²) in [5, 5.41) is 0. The minimum atomic E-state index is -4.54. The second-order valence-electron chi connectivity index (χ2n) is 8.52. The fraction of sp³-hybridized carbons (Fsp3) is 0.360. The molecule has 0 saturated carbocycles. The smallest absolute Gasteiger partial charge is 0.383 e. The molecule has 0 atom stereocenters. The van der Waals surface area contributed by atoms with Crippen molar-refractivity contribution >= 4 is 17.5 Å². The van der Waals surface area contributed by atoms with Crippen LogP contribution in [0.5, 0.6) is 0 Å². The van der Waals surface area contributed by atoms with Gasteiger partial charge in [0.25, 0.3) is 0 Å². The number of nitrogens with two attached hydrogens (primary N) is 2. The number of pyridine rings is 1. The summed E-state index contributed by atoms with van der Waals surface area (Å²) in [4.78, 5) is 19.6. The fourth-order valence-corrected chi connectivity index (χ4v) is 4.20. The maximum absolute atomic E-state index is 13.7. The molecule has 1 aliphatic rings. The van der Waals surface area contributed by atoms with Gasteiger partial charge in [0.2, 0.25) is 0 Å². The van der Waals surface area contributed by atoms with Crippen molar-refractivity contribution in [1.29, 1.82) is 0 Å². The molecule has 0 aliphatic carbocycles. The Morgan fingerprint density at radius 3 is 2.54 bits per heavy atom. The molecule has 0 unspecified atom stereocenters. The number of alkyl halides is 3. The quantitative estimate of drug-likeness (QED) is 0.376. The number of nitrogen functional groups attached to an aromatic ring is 1. The molecule has 1 fully saturated rings. The van der Waals surface area contributed by atoms with Crippen LogP contribution in [-0.2, 0) is 12.6 Å². The number of hydrogen-bond donors (Lipinski definition) is 2. The molecule has 184 valence electrons. The Morgan fingerprint density at radius 2 is 1.80 bits per heavy atom. The van der Waals surface area contributed by atoms with Crippen molar-refractivity contribution in [3.05, 3.63) is 65.5 Å². The summed E-state index contributed by atoms with van der Waals surface area (Å²) in [6, 6.07) is 10.3. The predicted molar refractivity (Wildman–Crippen MR) is 130 cm³/mol. The minimum absolute atomic E-state index is 0.0425. The van der Waals surface area contributed by atoms with Gasteiger partial charge in [-0.25, -0.2) is 19.9 Å². The van der Waals surface area contributed by atoms with Gasteiger partial charge in [-0.3, -0.25) is 0 Å². The van der Waals surface area contributed by atoms with Crippen LogP contribution in [0.25, 0.3) is 11.4 Å². The van der Waals surface area contributed by atoms with Gasteiger partial charge >= 0.3 is 6.18 Å². The van der Waals surface area contributed by atoms with E-state index in [0.717, 1.165) is 32.1 Å². The van der Waals surface area contributed by atoms with Crippen LogP contribution >= 0.6 is 0 Å². The highest BCUT2D eigenvalue weighted by Gasteiger charge is 2.34. The van der Waals surface area contributed by atoms with Crippen LogP contribution in [0.3, 0.4) is 0 Å². The maximum Gasteiger partial charge on any atom is 0.417 e. The van der Waals surface area contributed by atoms with Crippen molar-refractivity contribution in [3.8, 4) is 11.4 Å². The van der Waals surface area contributed by atoms with E-state index >= 15 is 0 Å². The Morgan fingerprint density at radius 1 is 1.03 bits per heavy atom. The first kappa shape index (κ1) is 24.6. The second kappa shape index (κ2) is 10.8. The molecule has 35 heavy (non-hydrogen) atoms. The molecule has 3 aromatic rings. The number of rotatable bonds is 7. The van der Waals surface area contributed by atoms with Crippen LogP contribution in [0, 0.1) is 0 Å². The minimum Gasteiger partial charge on any atom is -0.383 e. The number of likely N-dealkylation sites (tertiary alicyclic amines) is 1. The summed E-state index contributed by atoms with van der Waals surface area (Å²) in [7, 11) is 0. The molecule has 0 radical (unpaired) electrons. The van der Waals surface area contributed by atoms with Crippen LogP contribution in [0.4, 0.5) is 24.8 Å². The highest BCUT2D eigenvalue weighted by molar-refractivity contribution is 6.02. The summed E-state index contributed by atoms with van der Waals surface area (Å²) < 4.78 is 41.1. The largest absolute Gasteiger partial charge is 0.417 e. The van der Waals surface area contributed by atoms with E-state index in [1.807, 2.05) is 0 Å². The number of anilines is 1. The van der Waals surface area contributed by atoms with Crippen LogP contribution in [0.1, 0.15) is 42.5 Å². The third-order valence-corrected chi connectivity index (χ3v) is 5.94. The number of piperidine rings is 1. The lowest BCUT2D eigenvalue weighted by Gasteiger charge is -2.26. The van der Waals surface area contributed by atoms with Gasteiger partial charge in [-0.15, -0.1) is 0 Å². The number of nitrogens with zero attached hydrogens (tertiary/aromatic N) is 5. The molecular weight excluding hydrogens is 455 g/mol. The number of aryl methyl sites for hydroxylation is 1. The molecule has 0 spiro atoms. The van der Waals surface area contributed by atoms with Crippen molar-refractivity contribution in [2.75, 3.05) is 25.4 Å². The SMILES string of the molecule is NC(=Nc1cc(CCCN2CCCCC2)nc(-c2ccccc2C(F)(F)F)n1)c1cccnc1N. The Hall–Kier alpha value is -3.53. The van der Waals surface area contributed by atoms with Crippen LogP contribution in [0.2, 0.25) is 0 Å². The van der Waals surface area contributed by atoms with Crippen molar-refractivity contribution in [3.63, 3.8) is 0 Å². The molecule has 4 N–H and O–H groups in total. The van der Waals surface area contributed by atoms with Gasteiger partial charge in [-0.05, 0) is 63.5 Å². The second-order valence-corrected chi connectivity index (χ2v) is 8.52. The molecule has 0 amide bonds. The van der Waals surface area contributed by atoms with Gasteiger partial charge in [0.1, 0.15) is 11.7 Å². The van der Waals surface area contributed by atoms with Gasteiger partial charge in [-0.2, -0.15) is 13.2 Å². The van der Waals surface area contributed by atoms with Crippen molar-refractivity contribution in [2.45, 2.75) is 38.3 Å². The highest BCUT2D eigenvalue weighted by Crippen LogP contribution is 2.36. The number of amidine groups is 1. The molecule has 2 aromatic heterocycles. The van der Waals surface area contributed by atoms with E-state index in [1.54, 1.807) is 18.2 Å². The Bertz CT molecular complexity index is 1190. The molecule has 7 nitrogen and oxygen atoms in total. The predicted octanol–water partition coefficient (Wildman–Crippen LogP) is 4.60. The molecule has 1 saturated heterocycles. The van der Waals surface area contributed by atoms with Gasteiger partial charge < -0.3 is 16.4 Å². The van der Waals surface area contributed by atoms with Crippen molar-refractivity contribution in [2.24, 2.45) is 10.7 Å². The molecule has 1 aliphatic heterocycles. The lowest BCUT2D eigenvalue weighted by molar-refractivity contribution is -0.137. The zero-order valence-electron chi connectivity index (χ0n) is 19.3. The maximum atomic E-state index is 13.7. The van der Waals surface area contributed by atoms with Crippen LogP contribution in [0.15, 0.2) is 53.7 Å². The topological polar surface area (TPSA) is 106 Å². The first-order valence-electron chi connectivity index (χ1n) is 11.6. The van der Waals surface area contributed by atoms with Crippen LogP contribution in [-0.4, -0.2) is 45.3 Å². The third kappa shape index (κ3) is 6.33. The van der Waals surface area contributed by atoms with E-state index in [1.165, 1.54) is 43.7 Å². The Balaban J connectivity index is 1.69. The van der Waals surface area contributed by atoms with Crippen LogP contribution < -0.4 is 11.5 Å². The van der Waals surface area contributed by atoms with Gasteiger partial charge in [0.15, 0.2) is 11.6 Å². The molecular formula is C25H28F3N7. The Labute approximate surface area is 202 Å². The first-order valence-corrected chi connectivity index (χ1v) is 11.6. The lowest BCUT2D eigenvalue weighted by Crippen LogP contribution is -2.30. The molecule has 10 heteroatoms. The average molecular weight is 484 g/mol. The Kier molecular flexibility index (Phi) is 7.60. The van der Waals surface area contributed by atoms with E-state index < -0.39 is 11.7 Å². The number of benzene rings is 1. The molecule has 4 rings (SSSR count). The summed E-state index contributed by atoms with van der Waals surface area (Å²) >= 11 is 0. The van der Waals surface area contributed by atoms with Crippen molar-refractivity contribution in [1.82, 2.24) is 19.9 Å². The standard InChI is InChI=1S/C25H28F3N7/c26-25(27,28)20-11-3-2-9-18(20)24-32-17(8-7-15-35-13-4-1-5-14-35)16-21(34-24)33-23(30)19-10-6-12-31-22(19)29/h2-3,6,9-12,16H,1,4-5,7-8,13-15H2,(H2,29,31)(H2,30,32,33,34).